The van der Waals surface area contributed by atoms with Gasteiger partial charge in [-0.1, -0.05) is 28.1 Å². The van der Waals surface area contributed by atoms with E-state index < -0.39 is 0 Å². The second-order valence-electron chi connectivity index (χ2n) is 3.39. The number of hydrogen-bond acceptors (Lipinski definition) is 2. The van der Waals surface area contributed by atoms with Crippen LogP contribution in [0.3, 0.4) is 0 Å². The summed E-state index contributed by atoms with van der Waals surface area (Å²) in [4.78, 5) is 10.6. The molecule has 0 aromatic heterocycles. The highest BCUT2D eigenvalue weighted by molar-refractivity contribution is 9.09. The monoisotopic (exact) mass is 246 g/mol. The number of allylic oxidation sites excluding steroid dienone is 2. The summed E-state index contributed by atoms with van der Waals surface area (Å²) >= 11 is 3.46. The molecule has 0 amide bonds. The number of halogens is 1. The highest BCUT2D eigenvalue weighted by Crippen LogP contribution is 2.48. The average molecular weight is 247 g/mol. The molecule has 0 spiro atoms. The van der Waals surface area contributed by atoms with E-state index in [0.717, 1.165) is 5.33 Å². The maximum Gasteiger partial charge on any atom is 0.302 e. The molecule has 2 nitrogen and oxygen atoms in total. The van der Waals surface area contributed by atoms with Gasteiger partial charge in [-0.2, -0.15) is 0 Å². The van der Waals surface area contributed by atoms with Crippen LogP contribution in [0.1, 0.15) is 13.8 Å². The van der Waals surface area contributed by atoms with E-state index in [9.17, 15) is 4.79 Å². The smallest absolute Gasteiger partial charge is 0.302 e. The van der Waals surface area contributed by atoms with E-state index in [0.29, 0.717) is 24.4 Å². The summed E-state index contributed by atoms with van der Waals surface area (Å²) in [7, 11) is 0. The van der Waals surface area contributed by atoms with Gasteiger partial charge in [0, 0.05) is 18.2 Å². The first-order chi connectivity index (χ1) is 6.20. The summed E-state index contributed by atoms with van der Waals surface area (Å²) < 4.78 is 4.98. The number of rotatable bonds is 4. The first-order valence-electron chi connectivity index (χ1n) is 4.52. The molecule has 1 rings (SSSR count). The number of carbonyl (C=O) groups is 1. The number of ether oxygens (including phenoxy) is 1. The Labute approximate surface area is 87.5 Å². The molecule has 0 bridgehead atoms. The Balaban J connectivity index is 2.31. The molecule has 3 heteroatoms. The number of alkyl halides is 1. The third-order valence-electron chi connectivity index (χ3n) is 2.47. The molecule has 1 fully saturated rings. The predicted octanol–water partition coefficient (Wildman–Crippen LogP) is 2.38. The van der Waals surface area contributed by atoms with Crippen molar-refractivity contribution in [1.29, 1.82) is 0 Å². The summed E-state index contributed by atoms with van der Waals surface area (Å²) in [6, 6.07) is 0. The van der Waals surface area contributed by atoms with Crippen molar-refractivity contribution in [3.05, 3.63) is 12.2 Å². The molecule has 13 heavy (non-hydrogen) atoms. The van der Waals surface area contributed by atoms with Gasteiger partial charge in [0.15, 0.2) is 0 Å². The van der Waals surface area contributed by atoms with E-state index >= 15 is 0 Å². The van der Waals surface area contributed by atoms with Gasteiger partial charge >= 0.3 is 5.97 Å². The highest BCUT2D eigenvalue weighted by Gasteiger charge is 2.47. The van der Waals surface area contributed by atoms with Crippen molar-refractivity contribution in [1.82, 2.24) is 0 Å². The van der Waals surface area contributed by atoms with Crippen LogP contribution >= 0.6 is 15.9 Å². The average Bonchev–Trinajstić information content (AvgIpc) is 2.75. The summed E-state index contributed by atoms with van der Waals surface area (Å²) in [6.07, 6.45) is 4.26. The number of esters is 1. The van der Waals surface area contributed by atoms with E-state index in [1.165, 1.54) is 6.92 Å². The van der Waals surface area contributed by atoms with Crippen molar-refractivity contribution in [2.24, 2.45) is 17.8 Å². The fourth-order valence-electron chi connectivity index (χ4n) is 1.65. The van der Waals surface area contributed by atoms with E-state index in [1.54, 1.807) is 0 Å². The molecular formula is C10H15BrO2. The molecule has 3 atom stereocenters. The van der Waals surface area contributed by atoms with Gasteiger partial charge < -0.3 is 4.74 Å². The van der Waals surface area contributed by atoms with E-state index in [2.05, 4.69) is 28.1 Å². The minimum absolute atomic E-state index is 0.181. The SMILES string of the molecule is C/C=C/[C@@H]1[C@@H](CBr)[C@H]1COC(C)=O. The molecular weight excluding hydrogens is 232 g/mol. The zero-order chi connectivity index (χ0) is 9.84. The molecule has 0 unspecified atom stereocenters. The molecule has 0 aliphatic heterocycles. The Kier molecular flexibility index (Phi) is 3.97. The Morgan fingerprint density at radius 2 is 2.23 bits per heavy atom. The van der Waals surface area contributed by atoms with Crippen LogP contribution in [0.15, 0.2) is 12.2 Å². The first kappa shape index (κ1) is 10.8. The maximum atomic E-state index is 10.6. The second kappa shape index (κ2) is 4.80. The zero-order valence-electron chi connectivity index (χ0n) is 8.00. The van der Waals surface area contributed by atoms with Gasteiger partial charge in [-0.25, -0.2) is 0 Å². The van der Waals surface area contributed by atoms with Crippen LogP contribution in [0.25, 0.3) is 0 Å². The first-order valence-corrected chi connectivity index (χ1v) is 5.65. The molecule has 0 aromatic rings. The van der Waals surface area contributed by atoms with Gasteiger partial charge in [0.2, 0.25) is 0 Å². The molecule has 0 aromatic carbocycles. The second-order valence-corrected chi connectivity index (χ2v) is 4.04. The summed E-state index contributed by atoms with van der Waals surface area (Å²) in [6.45, 7) is 4.04. The topological polar surface area (TPSA) is 26.3 Å². The van der Waals surface area contributed by atoms with Gasteiger partial charge in [0.1, 0.15) is 0 Å². The standard InChI is InChI=1S/C10H15BrO2/c1-3-4-8-9(5-11)10(8)6-13-7(2)12/h3-4,8-10H,5-6H2,1-2H3/b4-3+/t8-,9-,10+/m1/s1. The zero-order valence-corrected chi connectivity index (χ0v) is 9.58. The van der Waals surface area contributed by atoms with Crippen molar-refractivity contribution < 1.29 is 9.53 Å². The van der Waals surface area contributed by atoms with Crippen LogP contribution in [0, 0.1) is 17.8 Å². The van der Waals surface area contributed by atoms with Gasteiger partial charge in [-0.15, -0.1) is 0 Å². The molecule has 1 aliphatic rings. The van der Waals surface area contributed by atoms with E-state index in [4.69, 9.17) is 4.74 Å². The lowest BCUT2D eigenvalue weighted by Crippen LogP contribution is -2.03. The van der Waals surface area contributed by atoms with Crippen LogP contribution in [0.2, 0.25) is 0 Å². The third-order valence-corrected chi connectivity index (χ3v) is 3.22. The minimum Gasteiger partial charge on any atom is -0.466 e. The fraction of sp³-hybridized carbons (Fsp3) is 0.700. The van der Waals surface area contributed by atoms with E-state index in [1.807, 2.05) is 6.92 Å². The number of hydrogen-bond donors (Lipinski definition) is 0. The Hall–Kier alpha value is -0.310. The van der Waals surface area contributed by atoms with Crippen LogP contribution in [0.5, 0.6) is 0 Å². The lowest BCUT2D eigenvalue weighted by molar-refractivity contribution is -0.141. The molecule has 0 heterocycles. The minimum atomic E-state index is -0.181. The molecule has 1 saturated carbocycles. The van der Waals surface area contributed by atoms with Crippen LogP contribution in [-0.4, -0.2) is 17.9 Å². The van der Waals surface area contributed by atoms with Crippen molar-refractivity contribution in [2.45, 2.75) is 13.8 Å². The summed E-state index contributed by atoms with van der Waals surface area (Å²) in [5, 5.41) is 0.994. The van der Waals surface area contributed by atoms with Gasteiger partial charge in [0.25, 0.3) is 0 Å². The molecule has 0 saturated heterocycles. The van der Waals surface area contributed by atoms with Gasteiger partial charge in [0.05, 0.1) is 6.61 Å². The Morgan fingerprint density at radius 3 is 2.69 bits per heavy atom. The van der Waals surface area contributed by atoms with E-state index in [-0.39, 0.29) is 5.97 Å². The largest absolute Gasteiger partial charge is 0.466 e. The van der Waals surface area contributed by atoms with Crippen LogP contribution < -0.4 is 0 Å². The maximum absolute atomic E-state index is 10.6. The van der Waals surface area contributed by atoms with Crippen LogP contribution in [-0.2, 0) is 9.53 Å². The number of carbonyl (C=O) groups excluding carboxylic acids is 1. The quantitative estimate of drug-likeness (QED) is 0.433. The van der Waals surface area contributed by atoms with Crippen LogP contribution in [0.4, 0.5) is 0 Å². The Bertz CT molecular complexity index is 213. The molecule has 0 N–H and O–H groups in total. The summed E-state index contributed by atoms with van der Waals surface area (Å²) in [5.74, 6) is 1.60. The fourth-order valence-corrected chi connectivity index (χ4v) is 2.56. The predicted molar refractivity (Wildman–Crippen MR) is 55.7 cm³/mol. The normalized spacial score (nSPS) is 32.1. The van der Waals surface area contributed by atoms with Crippen molar-refractivity contribution in [3.8, 4) is 0 Å². The third kappa shape index (κ3) is 2.83. The molecule has 0 radical (unpaired) electrons. The lowest BCUT2D eigenvalue weighted by atomic mass is 10.3. The van der Waals surface area contributed by atoms with Crippen molar-refractivity contribution >= 4 is 21.9 Å². The Morgan fingerprint density at radius 1 is 1.54 bits per heavy atom. The highest BCUT2D eigenvalue weighted by atomic mass is 79.9. The van der Waals surface area contributed by atoms with Gasteiger partial charge in [-0.3, -0.25) is 4.79 Å². The van der Waals surface area contributed by atoms with Crippen molar-refractivity contribution in [3.63, 3.8) is 0 Å². The molecule has 74 valence electrons. The van der Waals surface area contributed by atoms with Gasteiger partial charge in [-0.05, 0) is 18.8 Å². The summed E-state index contributed by atoms with van der Waals surface area (Å²) in [5.41, 5.74) is 0. The van der Waals surface area contributed by atoms with Crippen molar-refractivity contribution in [2.75, 3.05) is 11.9 Å². The lowest BCUT2D eigenvalue weighted by Gasteiger charge is -1.98. The molecule has 1 aliphatic carbocycles.